The molecule has 2 unspecified atom stereocenters. The summed E-state index contributed by atoms with van der Waals surface area (Å²) in [6.07, 6.45) is 19.8. The lowest BCUT2D eigenvalue weighted by atomic mass is 9.86. The van der Waals surface area contributed by atoms with Gasteiger partial charge in [0.05, 0.1) is 0 Å². The fraction of sp³-hybridized carbons (Fsp3) is 0.750. The molecule has 90 valence electrons. The third kappa shape index (κ3) is 2.99. The summed E-state index contributed by atoms with van der Waals surface area (Å²) in [5.74, 6) is 1.91. The fourth-order valence-electron chi connectivity index (χ4n) is 3.43. The smallest absolute Gasteiger partial charge is 0.0172 e. The van der Waals surface area contributed by atoms with Crippen molar-refractivity contribution < 1.29 is 0 Å². The molecule has 0 aliphatic heterocycles. The summed E-state index contributed by atoms with van der Waals surface area (Å²) >= 11 is 0. The maximum Gasteiger partial charge on any atom is -0.0172 e. The number of rotatable bonds is 1. The molecule has 2 rings (SSSR count). The van der Waals surface area contributed by atoms with Gasteiger partial charge in [0.1, 0.15) is 0 Å². The molecule has 0 heterocycles. The standard InChI is InChI=1S/C16H26/c1-2-14-12-13-15-10-8-6-4-3-5-7-9-11-16(14)15/h6,8,10,14,16H,2-5,7,9,11-13H2,1H3/b8-6-,15-10-. The Hall–Kier alpha value is -0.520. The molecule has 2 aliphatic carbocycles. The molecule has 0 nitrogen and oxygen atoms in total. The van der Waals surface area contributed by atoms with Gasteiger partial charge in [-0.1, -0.05) is 56.4 Å². The monoisotopic (exact) mass is 218 g/mol. The second-order valence-electron chi connectivity index (χ2n) is 5.47. The van der Waals surface area contributed by atoms with Gasteiger partial charge in [-0.3, -0.25) is 0 Å². The van der Waals surface area contributed by atoms with Crippen LogP contribution in [-0.4, -0.2) is 0 Å². The third-order valence-corrected chi connectivity index (χ3v) is 4.46. The lowest BCUT2D eigenvalue weighted by Crippen LogP contribution is -2.08. The van der Waals surface area contributed by atoms with Crippen molar-refractivity contribution >= 4 is 0 Å². The predicted octanol–water partition coefficient (Wildman–Crippen LogP) is 5.26. The van der Waals surface area contributed by atoms with Gasteiger partial charge in [-0.05, 0) is 43.9 Å². The van der Waals surface area contributed by atoms with Gasteiger partial charge < -0.3 is 0 Å². The van der Waals surface area contributed by atoms with Crippen molar-refractivity contribution in [3.05, 3.63) is 23.8 Å². The van der Waals surface area contributed by atoms with Gasteiger partial charge in [-0.15, -0.1) is 0 Å². The molecule has 0 heteroatoms. The van der Waals surface area contributed by atoms with E-state index in [4.69, 9.17) is 0 Å². The summed E-state index contributed by atoms with van der Waals surface area (Å²) in [5.41, 5.74) is 1.75. The summed E-state index contributed by atoms with van der Waals surface area (Å²) in [7, 11) is 0. The van der Waals surface area contributed by atoms with Crippen LogP contribution in [0.4, 0.5) is 0 Å². The van der Waals surface area contributed by atoms with E-state index in [-0.39, 0.29) is 0 Å². The first-order chi connectivity index (χ1) is 7.92. The molecule has 0 amide bonds. The molecule has 0 spiro atoms. The summed E-state index contributed by atoms with van der Waals surface area (Å²) in [6, 6.07) is 0. The van der Waals surface area contributed by atoms with Crippen LogP contribution in [0.2, 0.25) is 0 Å². The van der Waals surface area contributed by atoms with Gasteiger partial charge in [0.2, 0.25) is 0 Å². The van der Waals surface area contributed by atoms with Crippen LogP contribution in [0.5, 0.6) is 0 Å². The molecule has 0 aromatic heterocycles. The van der Waals surface area contributed by atoms with Crippen LogP contribution >= 0.6 is 0 Å². The molecule has 16 heavy (non-hydrogen) atoms. The zero-order chi connectivity index (χ0) is 11.2. The van der Waals surface area contributed by atoms with Gasteiger partial charge in [-0.25, -0.2) is 0 Å². The first-order valence-electron chi connectivity index (χ1n) is 7.27. The van der Waals surface area contributed by atoms with E-state index >= 15 is 0 Å². The molecule has 0 bridgehead atoms. The lowest BCUT2D eigenvalue weighted by Gasteiger charge is -2.19. The van der Waals surface area contributed by atoms with Crippen molar-refractivity contribution in [2.75, 3.05) is 0 Å². The van der Waals surface area contributed by atoms with E-state index in [1.54, 1.807) is 5.57 Å². The molecule has 0 radical (unpaired) electrons. The molecule has 0 aromatic rings. The van der Waals surface area contributed by atoms with Gasteiger partial charge in [0.15, 0.2) is 0 Å². The van der Waals surface area contributed by atoms with Crippen LogP contribution in [0.15, 0.2) is 23.8 Å². The highest BCUT2D eigenvalue weighted by Gasteiger charge is 2.29. The maximum atomic E-state index is 2.44. The molecule has 1 saturated carbocycles. The second kappa shape index (κ2) is 6.27. The van der Waals surface area contributed by atoms with Crippen LogP contribution < -0.4 is 0 Å². The van der Waals surface area contributed by atoms with Gasteiger partial charge in [0.25, 0.3) is 0 Å². The summed E-state index contributed by atoms with van der Waals surface area (Å²) in [4.78, 5) is 0. The molecule has 0 saturated heterocycles. The minimum absolute atomic E-state index is 0.924. The van der Waals surface area contributed by atoms with Crippen LogP contribution in [0.25, 0.3) is 0 Å². The lowest BCUT2D eigenvalue weighted by molar-refractivity contribution is 0.374. The normalized spacial score (nSPS) is 36.9. The third-order valence-electron chi connectivity index (χ3n) is 4.46. The average Bonchev–Trinajstić information content (AvgIpc) is 2.66. The van der Waals surface area contributed by atoms with E-state index in [1.165, 1.54) is 57.8 Å². The minimum atomic E-state index is 0.924. The van der Waals surface area contributed by atoms with Crippen molar-refractivity contribution in [3.8, 4) is 0 Å². The van der Waals surface area contributed by atoms with Crippen molar-refractivity contribution in [2.45, 2.75) is 64.7 Å². The van der Waals surface area contributed by atoms with Crippen LogP contribution in [-0.2, 0) is 0 Å². The summed E-state index contributed by atoms with van der Waals surface area (Å²) in [6.45, 7) is 2.37. The minimum Gasteiger partial charge on any atom is -0.0845 e. The first kappa shape index (κ1) is 12.0. The van der Waals surface area contributed by atoms with E-state index < -0.39 is 0 Å². The van der Waals surface area contributed by atoms with E-state index in [2.05, 4.69) is 25.2 Å². The van der Waals surface area contributed by atoms with Gasteiger partial charge in [-0.2, -0.15) is 0 Å². The van der Waals surface area contributed by atoms with E-state index in [0.717, 1.165) is 11.8 Å². The molecular weight excluding hydrogens is 192 g/mol. The quantitative estimate of drug-likeness (QED) is 0.563. The summed E-state index contributed by atoms with van der Waals surface area (Å²) in [5, 5.41) is 0. The van der Waals surface area contributed by atoms with Crippen molar-refractivity contribution in [1.82, 2.24) is 0 Å². The number of allylic oxidation sites excluding steroid dienone is 4. The van der Waals surface area contributed by atoms with Crippen LogP contribution in [0, 0.1) is 11.8 Å². The topological polar surface area (TPSA) is 0 Å². The highest BCUT2D eigenvalue weighted by Crippen LogP contribution is 2.41. The van der Waals surface area contributed by atoms with Gasteiger partial charge >= 0.3 is 0 Å². The Balaban J connectivity index is 2.05. The Bertz CT molecular complexity index is 259. The molecule has 2 aliphatic rings. The van der Waals surface area contributed by atoms with Gasteiger partial charge in [0, 0.05) is 0 Å². The van der Waals surface area contributed by atoms with E-state index in [9.17, 15) is 0 Å². The van der Waals surface area contributed by atoms with Crippen molar-refractivity contribution in [2.24, 2.45) is 11.8 Å². The Labute approximate surface area is 101 Å². The number of hydrogen-bond donors (Lipinski definition) is 0. The van der Waals surface area contributed by atoms with E-state index in [0.29, 0.717) is 0 Å². The van der Waals surface area contributed by atoms with E-state index in [1.807, 2.05) is 0 Å². The Morgan fingerprint density at radius 1 is 1.12 bits per heavy atom. The zero-order valence-electron chi connectivity index (χ0n) is 10.8. The largest absolute Gasteiger partial charge is 0.0845 e. The maximum absolute atomic E-state index is 2.44. The second-order valence-corrected chi connectivity index (χ2v) is 5.47. The number of hydrogen-bond acceptors (Lipinski definition) is 0. The molecule has 0 N–H and O–H groups in total. The molecule has 1 fully saturated rings. The highest BCUT2D eigenvalue weighted by molar-refractivity contribution is 5.19. The molecule has 0 aromatic carbocycles. The predicted molar refractivity (Wildman–Crippen MR) is 71.4 cm³/mol. The summed E-state index contributed by atoms with van der Waals surface area (Å²) < 4.78 is 0. The fourth-order valence-corrected chi connectivity index (χ4v) is 3.43. The Morgan fingerprint density at radius 2 is 2.00 bits per heavy atom. The SMILES string of the molecule is CCC1CC/C2=C/C=C\CCCCCCC21. The zero-order valence-corrected chi connectivity index (χ0v) is 10.8. The van der Waals surface area contributed by atoms with Crippen molar-refractivity contribution in [3.63, 3.8) is 0 Å². The van der Waals surface area contributed by atoms with Crippen LogP contribution in [0.1, 0.15) is 64.7 Å². The molecular formula is C16H26. The average molecular weight is 218 g/mol. The van der Waals surface area contributed by atoms with Crippen LogP contribution in [0.3, 0.4) is 0 Å². The molecule has 2 atom stereocenters. The Kier molecular flexibility index (Phi) is 4.69. The van der Waals surface area contributed by atoms with Crippen molar-refractivity contribution in [1.29, 1.82) is 0 Å². The first-order valence-corrected chi connectivity index (χ1v) is 7.27. The highest BCUT2D eigenvalue weighted by atomic mass is 14.3. The number of fused-ring (bicyclic) bond motifs is 1. The Morgan fingerprint density at radius 3 is 2.88 bits per heavy atom.